The summed E-state index contributed by atoms with van der Waals surface area (Å²) in [5.41, 5.74) is -0.0276. The molecule has 0 radical (unpaired) electrons. The van der Waals surface area contributed by atoms with Crippen LogP contribution in [0.3, 0.4) is 0 Å². The van der Waals surface area contributed by atoms with E-state index >= 15 is 0 Å². The highest BCUT2D eigenvalue weighted by Gasteiger charge is 2.13. The van der Waals surface area contributed by atoms with Gasteiger partial charge in [0.1, 0.15) is 18.1 Å². The summed E-state index contributed by atoms with van der Waals surface area (Å²) >= 11 is 5.60. The van der Waals surface area contributed by atoms with Gasteiger partial charge in [-0.15, -0.1) is 0 Å². The predicted octanol–water partition coefficient (Wildman–Crippen LogP) is 2.62. The first-order chi connectivity index (χ1) is 9.47. The van der Waals surface area contributed by atoms with Crippen LogP contribution in [0, 0.1) is 5.82 Å². The molecule has 1 aromatic heterocycles. The molecule has 0 fully saturated rings. The van der Waals surface area contributed by atoms with E-state index in [1.165, 1.54) is 35.0 Å². The second-order valence-corrected chi connectivity index (χ2v) is 4.44. The van der Waals surface area contributed by atoms with Crippen LogP contribution in [0.15, 0.2) is 36.5 Å². The summed E-state index contributed by atoms with van der Waals surface area (Å²) in [6, 6.07) is 6.75. The number of benzene rings is 1. The van der Waals surface area contributed by atoms with E-state index in [-0.39, 0.29) is 22.9 Å². The molecule has 0 aliphatic carbocycles. The molecule has 2 rings (SSSR count). The van der Waals surface area contributed by atoms with Gasteiger partial charge in [-0.3, -0.25) is 4.79 Å². The minimum atomic E-state index is -1.14. The maximum Gasteiger partial charge on any atom is 0.352 e. The minimum absolute atomic E-state index is 0.0107. The molecule has 0 saturated heterocycles. The number of carboxylic acids is 1. The van der Waals surface area contributed by atoms with E-state index in [9.17, 15) is 14.0 Å². The number of amides is 1. The van der Waals surface area contributed by atoms with Crippen LogP contribution in [-0.2, 0) is 11.3 Å². The molecule has 1 amide bonds. The first-order valence-electron chi connectivity index (χ1n) is 5.60. The Hall–Kier alpha value is -2.34. The van der Waals surface area contributed by atoms with E-state index in [1.807, 2.05) is 0 Å². The minimum Gasteiger partial charge on any atom is -0.477 e. The van der Waals surface area contributed by atoms with Gasteiger partial charge in [0.25, 0.3) is 0 Å². The summed E-state index contributed by atoms with van der Waals surface area (Å²) in [5, 5.41) is 11.5. The van der Waals surface area contributed by atoms with Gasteiger partial charge in [-0.1, -0.05) is 11.6 Å². The molecule has 0 atom stereocenters. The zero-order valence-corrected chi connectivity index (χ0v) is 10.9. The molecular weight excluding hydrogens is 287 g/mol. The summed E-state index contributed by atoms with van der Waals surface area (Å²) in [4.78, 5) is 22.7. The van der Waals surface area contributed by atoms with E-state index in [0.717, 1.165) is 6.07 Å². The normalized spacial score (nSPS) is 10.3. The smallest absolute Gasteiger partial charge is 0.352 e. The van der Waals surface area contributed by atoms with Crippen molar-refractivity contribution in [1.82, 2.24) is 4.57 Å². The quantitative estimate of drug-likeness (QED) is 0.911. The molecule has 2 N–H and O–H groups in total. The number of anilines is 1. The van der Waals surface area contributed by atoms with Crippen molar-refractivity contribution in [3.05, 3.63) is 53.1 Å². The first-order valence-corrected chi connectivity index (χ1v) is 5.98. The Morgan fingerprint density at radius 1 is 1.35 bits per heavy atom. The van der Waals surface area contributed by atoms with Crippen molar-refractivity contribution in [3.8, 4) is 0 Å². The van der Waals surface area contributed by atoms with Gasteiger partial charge in [-0.2, -0.15) is 0 Å². The second kappa shape index (κ2) is 5.75. The zero-order valence-electron chi connectivity index (χ0n) is 10.1. The molecule has 0 aliphatic rings. The van der Waals surface area contributed by atoms with Gasteiger partial charge in [0, 0.05) is 11.2 Å². The Morgan fingerprint density at radius 2 is 2.10 bits per heavy atom. The van der Waals surface area contributed by atoms with Gasteiger partial charge < -0.3 is 15.0 Å². The first kappa shape index (κ1) is 14.1. The monoisotopic (exact) mass is 296 g/mol. The molecular formula is C13H10ClFN2O3. The van der Waals surface area contributed by atoms with Gasteiger partial charge in [-0.05, 0) is 30.3 Å². The highest BCUT2D eigenvalue weighted by Crippen LogP contribution is 2.18. The average molecular weight is 297 g/mol. The Labute approximate surface area is 118 Å². The fraction of sp³-hybridized carbons (Fsp3) is 0.0769. The van der Waals surface area contributed by atoms with Gasteiger partial charge >= 0.3 is 5.97 Å². The molecule has 0 spiro atoms. The number of carbonyl (C=O) groups is 2. The number of nitrogens with one attached hydrogen (secondary N) is 1. The highest BCUT2D eigenvalue weighted by atomic mass is 35.5. The summed E-state index contributed by atoms with van der Waals surface area (Å²) in [6.45, 7) is -0.225. The Balaban J connectivity index is 2.09. The third-order valence-electron chi connectivity index (χ3n) is 2.57. The Morgan fingerprint density at radius 3 is 2.75 bits per heavy atom. The number of rotatable bonds is 4. The molecule has 0 saturated carbocycles. The summed E-state index contributed by atoms with van der Waals surface area (Å²) < 4.78 is 14.8. The van der Waals surface area contributed by atoms with Crippen LogP contribution in [0.4, 0.5) is 10.1 Å². The molecule has 1 heterocycles. The zero-order chi connectivity index (χ0) is 14.7. The molecule has 1 aromatic carbocycles. The van der Waals surface area contributed by atoms with Gasteiger partial charge in [-0.25, -0.2) is 9.18 Å². The standard InChI is InChI=1S/C13H10ClFN2O3/c14-8-3-4-10(9(15)6-8)16-12(18)7-17-5-1-2-11(17)13(19)20/h1-6H,7H2,(H,16,18)(H,19,20). The number of carboxylic acid groups (broad SMARTS) is 1. The molecule has 20 heavy (non-hydrogen) atoms. The molecule has 0 bridgehead atoms. The van der Waals surface area contributed by atoms with Gasteiger partial charge in [0.2, 0.25) is 5.91 Å². The van der Waals surface area contributed by atoms with Crippen molar-refractivity contribution in [2.75, 3.05) is 5.32 Å². The van der Waals surface area contributed by atoms with Crippen molar-refractivity contribution >= 4 is 29.2 Å². The molecule has 5 nitrogen and oxygen atoms in total. The lowest BCUT2D eigenvalue weighted by Gasteiger charge is -2.08. The van der Waals surface area contributed by atoms with Crippen molar-refractivity contribution in [1.29, 1.82) is 0 Å². The highest BCUT2D eigenvalue weighted by molar-refractivity contribution is 6.30. The number of aromatic nitrogens is 1. The number of nitrogens with zero attached hydrogens (tertiary/aromatic N) is 1. The van der Waals surface area contributed by atoms with Gasteiger partial charge in [0.05, 0.1) is 5.69 Å². The predicted molar refractivity (Wildman–Crippen MR) is 71.4 cm³/mol. The number of halogens is 2. The molecule has 0 unspecified atom stereocenters. The Bertz CT molecular complexity index is 669. The van der Waals surface area contributed by atoms with Crippen molar-refractivity contribution in [2.24, 2.45) is 0 Å². The van der Waals surface area contributed by atoms with Crippen molar-refractivity contribution < 1.29 is 19.1 Å². The summed E-state index contributed by atoms with van der Waals surface area (Å²) in [6.07, 6.45) is 1.46. The van der Waals surface area contributed by atoms with Crippen LogP contribution in [0.25, 0.3) is 0 Å². The number of hydrogen-bond donors (Lipinski definition) is 2. The maximum absolute atomic E-state index is 13.5. The van der Waals surface area contributed by atoms with E-state index < -0.39 is 17.7 Å². The lowest BCUT2D eigenvalue weighted by atomic mass is 10.3. The van der Waals surface area contributed by atoms with E-state index in [2.05, 4.69) is 5.32 Å². The third kappa shape index (κ3) is 3.16. The molecule has 0 aliphatic heterocycles. The number of carbonyl (C=O) groups excluding carboxylic acids is 1. The largest absolute Gasteiger partial charge is 0.477 e. The van der Waals surface area contributed by atoms with Crippen LogP contribution in [0.1, 0.15) is 10.5 Å². The van der Waals surface area contributed by atoms with Crippen LogP contribution >= 0.6 is 11.6 Å². The fourth-order valence-corrected chi connectivity index (χ4v) is 1.84. The lowest BCUT2D eigenvalue weighted by molar-refractivity contribution is -0.116. The number of aromatic carboxylic acids is 1. The van der Waals surface area contributed by atoms with E-state index in [1.54, 1.807) is 0 Å². The molecule has 7 heteroatoms. The average Bonchev–Trinajstić information content (AvgIpc) is 2.81. The summed E-state index contributed by atoms with van der Waals surface area (Å²) in [5.74, 6) is -2.33. The second-order valence-electron chi connectivity index (χ2n) is 4.00. The van der Waals surface area contributed by atoms with Crippen molar-refractivity contribution in [3.63, 3.8) is 0 Å². The lowest BCUT2D eigenvalue weighted by Crippen LogP contribution is -2.21. The van der Waals surface area contributed by atoms with Crippen LogP contribution < -0.4 is 5.32 Å². The van der Waals surface area contributed by atoms with E-state index in [0.29, 0.717) is 0 Å². The molecule has 104 valence electrons. The van der Waals surface area contributed by atoms with Crippen molar-refractivity contribution in [2.45, 2.75) is 6.54 Å². The topological polar surface area (TPSA) is 71.3 Å². The Kier molecular flexibility index (Phi) is 4.05. The SMILES string of the molecule is O=C(Cn1cccc1C(=O)O)Nc1ccc(Cl)cc1F. The maximum atomic E-state index is 13.5. The van der Waals surface area contributed by atoms with Crippen LogP contribution in [0.5, 0.6) is 0 Å². The molecule has 2 aromatic rings. The summed E-state index contributed by atoms with van der Waals surface area (Å²) in [7, 11) is 0. The number of hydrogen-bond acceptors (Lipinski definition) is 2. The fourth-order valence-electron chi connectivity index (χ4n) is 1.68. The van der Waals surface area contributed by atoms with Gasteiger partial charge in [0.15, 0.2) is 0 Å². The van der Waals surface area contributed by atoms with Crippen LogP contribution in [0.2, 0.25) is 5.02 Å². The third-order valence-corrected chi connectivity index (χ3v) is 2.80. The van der Waals surface area contributed by atoms with E-state index in [4.69, 9.17) is 16.7 Å². The van der Waals surface area contributed by atoms with Crippen LogP contribution in [-0.4, -0.2) is 21.6 Å².